The van der Waals surface area contributed by atoms with Gasteiger partial charge in [-0.15, -0.1) is 0 Å². The third kappa shape index (κ3) is 8.11. The van der Waals surface area contributed by atoms with Crippen molar-refractivity contribution in [3.05, 3.63) is 104 Å². The summed E-state index contributed by atoms with van der Waals surface area (Å²) in [6, 6.07) is 12.9. The molecule has 4 atom stereocenters. The molecule has 4 fully saturated rings. The highest BCUT2D eigenvalue weighted by atomic mass is 35.5. The van der Waals surface area contributed by atoms with Crippen LogP contribution in [0.25, 0.3) is 6.08 Å². The number of fused-ring (bicyclic) bond motifs is 4. The van der Waals surface area contributed by atoms with Crippen LogP contribution >= 0.6 is 23.2 Å². The van der Waals surface area contributed by atoms with E-state index in [0.717, 1.165) is 19.3 Å². The minimum absolute atomic E-state index is 0.106. The molecule has 2 spiro atoms. The number of carbonyl (C=O) groups is 6. The Morgan fingerprint density at radius 2 is 1.67 bits per heavy atom. The van der Waals surface area contributed by atoms with Crippen molar-refractivity contribution >= 4 is 80.4 Å². The van der Waals surface area contributed by atoms with Gasteiger partial charge in [0.2, 0.25) is 39.6 Å². The maximum absolute atomic E-state index is 16.3. The van der Waals surface area contributed by atoms with Crippen LogP contribution in [-0.2, 0) is 46.0 Å². The van der Waals surface area contributed by atoms with Crippen molar-refractivity contribution in [3.63, 3.8) is 0 Å². The Hall–Kier alpha value is -5.16. The molecule has 2 aliphatic carbocycles. The normalized spacial score (nSPS) is 27.1. The summed E-state index contributed by atoms with van der Waals surface area (Å²) in [5.74, 6) is -5.20. The number of nitrogens with one attached hydrogen (secondary N) is 5. The number of benzene rings is 3. The number of nitrogens with zero attached hydrogens (tertiary/aromatic N) is 1. The molecule has 2 saturated heterocycles. The van der Waals surface area contributed by atoms with Crippen LogP contribution in [0.4, 0.5) is 10.1 Å². The molecule has 5 N–H and O–H groups in total. The Morgan fingerprint density at radius 1 is 0.924 bits per heavy atom. The number of imide groups is 1. The Labute approximate surface area is 392 Å². The van der Waals surface area contributed by atoms with Gasteiger partial charge in [-0.05, 0) is 105 Å². The fourth-order valence-corrected chi connectivity index (χ4v) is 13.2. The summed E-state index contributed by atoms with van der Waals surface area (Å²) >= 11 is 12.8. The quantitative estimate of drug-likeness (QED) is 0.148. The summed E-state index contributed by atoms with van der Waals surface area (Å²) in [6.07, 6.45) is 7.39. The lowest BCUT2D eigenvalue weighted by atomic mass is 9.55. The van der Waals surface area contributed by atoms with E-state index in [-0.39, 0.29) is 65.9 Å². The van der Waals surface area contributed by atoms with Crippen molar-refractivity contribution in [1.82, 2.24) is 25.6 Å². The van der Waals surface area contributed by atoms with Crippen LogP contribution in [0.2, 0.25) is 10.0 Å². The van der Waals surface area contributed by atoms with E-state index in [2.05, 4.69) is 26.0 Å². The number of amides is 6. The zero-order valence-electron chi connectivity index (χ0n) is 36.3. The second-order valence-electron chi connectivity index (χ2n) is 18.7. The third-order valence-electron chi connectivity index (χ3n) is 14.8. The highest BCUT2D eigenvalue weighted by Gasteiger charge is 2.72. The van der Waals surface area contributed by atoms with E-state index in [1.165, 1.54) is 11.0 Å². The van der Waals surface area contributed by atoms with Gasteiger partial charge >= 0.3 is 0 Å². The number of anilines is 1. The number of piperidine rings is 1. The van der Waals surface area contributed by atoms with Crippen molar-refractivity contribution in [2.45, 2.75) is 126 Å². The largest absolute Gasteiger partial charge is 0.352 e. The Bertz CT molecular complexity index is 2700. The van der Waals surface area contributed by atoms with E-state index in [4.69, 9.17) is 23.2 Å². The third-order valence-corrected chi connectivity index (χ3v) is 16.6. The SMILES string of the molecule is C/C(=C\c1cccc2c1CN(C1CCC(=O)NC1=O)C2=O)CCS(=O)(=O)NC(=O)[C@H]1CC[C@H](NC(=O)[C@@H]2NC3(CCCCC3)[C@@]3(C(=O)Nc4cc(Cl)ccc43)[C@H]2c2cccc(Cl)c2F)CC1. The molecule has 18 heteroatoms. The average Bonchev–Trinajstić information content (AvgIpc) is 3.88. The predicted octanol–water partition coefficient (Wildman–Crippen LogP) is 6.16. The molecule has 3 aromatic carbocycles. The summed E-state index contributed by atoms with van der Waals surface area (Å²) < 4.78 is 45.0. The van der Waals surface area contributed by atoms with Gasteiger partial charge in [0.25, 0.3) is 5.91 Å². The first-order valence-electron chi connectivity index (χ1n) is 22.6. The lowest BCUT2D eigenvalue weighted by Crippen LogP contribution is -2.60. The monoisotopic (exact) mass is 960 g/mol. The summed E-state index contributed by atoms with van der Waals surface area (Å²) in [6.45, 7) is 1.94. The molecule has 4 aliphatic heterocycles. The van der Waals surface area contributed by atoms with Gasteiger partial charge in [-0.1, -0.05) is 84.4 Å². The molecule has 6 aliphatic rings. The van der Waals surface area contributed by atoms with E-state index < -0.39 is 68.4 Å². The first-order valence-corrected chi connectivity index (χ1v) is 25.0. The fraction of sp³-hybridized carbons (Fsp3) is 0.458. The van der Waals surface area contributed by atoms with E-state index in [9.17, 15) is 37.2 Å². The highest BCUT2D eigenvalue weighted by molar-refractivity contribution is 7.90. The van der Waals surface area contributed by atoms with Gasteiger partial charge < -0.3 is 15.5 Å². The van der Waals surface area contributed by atoms with Crippen LogP contribution in [0.3, 0.4) is 0 Å². The fourth-order valence-electron chi connectivity index (χ4n) is 11.7. The number of sulfonamides is 1. The van der Waals surface area contributed by atoms with Crippen molar-refractivity contribution in [3.8, 4) is 0 Å². The van der Waals surface area contributed by atoms with Gasteiger partial charge in [0.1, 0.15) is 17.3 Å². The van der Waals surface area contributed by atoms with Crippen molar-refractivity contribution < 1.29 is 41.6 Å². The number of allylic oxidation sites excluding steroid dienone is 1. The van der Waals surface area contributed by atoms with Gasteiger partial charge in [-0.2, -0.15) is 0 Å². The molecular weight excluding hydrogens is 911 g/mol. The van der Waals surface area contributed by atoms with Crippen LogP contribution in [0, 0.1) is 11.7 Å². The van der Waals surface area contributed by atoms with Gasteiger partial charge in [-0.3, -0.25) is 44.1 Å². The van der Waals surface area contributed by atoms with Gasteiger partial charge in [0.15, 0.2) is 0 Å². The molecular formula is C48H51Cl2FN6O8S. The lowest BCUT2D eigenvalue weighted by Gasteiger charge is -2.47. The first kappa shape index (κ1) is 46.0. The van der Waals surface area contributed by atoms with Crippen molar-refractivity contribution in [2.24, 2.45) is 5.92 Å². The van der Waals surface area contributed by atoms with Crippen molar-refractivity contribution in [1.29, 1.82) is 0 Å². The number of halogens is 3. The minimum Gasteiger partial charge on any atom is -0.352 e. The van der Waals surface area contributed by atoms with E-state index in [1.54, 1.807) is 55.5 Å². The van der Waals surface area contributed by atoms with Crippen LogP contribution < -0.4 is 26.0 Å². The zero-order valence-corrected chi connectivity index (χ0v) is 38.6. The molecule has 9 rings (SSSR count). The van der Waals surface area contributed by atoms with Crippen LogP contribution in [0.5, 0.6) is 0 Å². The molecule has 66 heavy (non-hydrogen) atoms. The molecule has 0 bridgehead atoms. The summed E-state index contributed by atoms with van der Waals surface area (Å²) in [4.78, 5) is 81.7. The van der Waals surface area contributed by atoms with E-state index >= 15 is 4.39 Å². The van der Waals surface area contributed by atoms with Gasteiger partial charge in [0, 0.05) is 52.7 Å². The molecule has 1 unspecified atom stereocenters. The molecule has 0 radical (unpaired) electrons. The second kappa shape index (κ2) is 17.8. The molecule has 4 heterocycles. The molecule has 2 saturated carbocycles. The number of carbonyl (C=O) groups excluding carboxylic acids is 6. The first-order chi connectivity index (χ1) is 31.5. The van der Waals surface area contributed by atoms with Gasteiger partial charge in [-0.25, -0.2) is 12.8 Å². The highest BCUT2D eigenvalue weighted by Crippen LogP contribution is 2.63. The second-order valence-corrected chi connectivity index (χ2v) is 21.4. The van der Waals surface area contributed by atoms with Crippen molar-refractivity contribution in [2.75, 3.05) is 11.1 Å². The van der Waals surface area contributed by atoms with Crippen LogP contribution in [-0.4, -0.2) is 78.2 Å². The van der Waals surface area contributed by atoms with Crippen LogP contribution in [0.1, 0.15) is 123 Å². The smallest absolute Gasteiger partial charge is 0.255 e. The standard InChI is InChI=1S/C48H51Cl2FN6O8S/c1-26(23-28-7-5-8-31-33(28)25-57(45(31)62)37-17-18-38(58)54-43(37)60)19-22-66(64,65)56-42(59)27-11-14-30(15-12-27)52-44(61)41-39(32-9-6-10-35(50)40(32)51)48(47(55-41)20-3-2-4-21-47)34-16-13-29(49)24-36(34)53-46(48)63/h5-10,13,16,23-24,27,30,37,39,41,55H,2-4,11-12,14-15,17-22,25H2,1H3,(H,52,61)(H,53,63)(H,56,59)(H,54,58,60)/b26-23+/t27-,30-,37?,39-,41+,48+/m0/s1. The predicted molar refractivity (Wildman–Crippen MR) is 245 cm³/mol. The Morgan fingerprint density at radius 3 is 2.41 bits per heavy atom. The summed E-state index contributed by atoms with van der Waals surface area (Å²) in [7, 11) is -4.04. The molecule has 6 amide bonds. The average molecular weight is 962 g/mol. The van der Waals surface area contributed by atoms with Crippen LogP contribution in [0.15, 0.2) is 60.2 Å². The lowest BCUT2D eigenvalue weighted by molar-refractivity contribution is -0.137. The van der Waals surface area contributed by atoms with Gasteiger partial charge in [0.05, 0.1) is 16.8 Å². The molecule has 14 nitrogen and oxygen atoms in total. The molecule has 348 valence electrons. The number of hydrogen-bond donors (Lipinski definition) is 5. The van der Waals surface area contributed by atoms with E-state index in [0.29, 0.717) is 77.1 Å². The topological polar surface area (TPSA) is 200 Å². The summed E-state index contributed by atoms with van der Waals surface area (Å²) in [5, 5.41) is 12.4. The number of rotatable bonds is 10. The maximum atomic E-state index is 16.3. The minimum atomic E-state index is -4.04. The zero-order chi connectivity index (χ0) is 46.7. The summed E-state index contributed by atoms with van der Waals surface area (Å²) in [5.41, 5.74) is 1.61. The maximum Gasteiger partial charge on any atom is 0.255 e. The molecule has 3 aromatic rings. The Kier molecular flexibility index (Phi) is 12.4. The molecule has 0 aromatic heterocycles. The van der Waals surface area contributed by atoms with E-state index in [1.807, 2.05) is 6.07 Å². The Balaban J connectivity index is 0.844. The number of hydrogen-bond acceptors (Lipinski definition) is 9.